The van der Waals surface area contributed by atoms with Crippen LogP contribution in [0.3, 0.4) is 0 Å². The van der Waals surface area contributed by atoms with Crippen LogP contribution in [0.2, 0.25) is 0 Å². The van der Waals surface area contributed by atoms with Crippen molar-refractivity contribution in [3.8, 4) is 5.75 Å². The number of primary amides is 1. The lowest BCUT2D eigenvalue weighted by molar-refractivity contribution is -0.117. The summed E-state index contributed by atoms with van der Waals surface area (Å²) in [5.74, 6) is -0.618. The molecule has 0 unspecified atom stereocenters. The lowest BCUT2D eigenvalue weighted by Gasteiger charge is -2.13. The molecule has 0 saturated carbocycles. The predicted octanol–water partition coefficient (Wildman–Crippen LogP) is -0.201. The maximum atomic E-state index is 11.8. The number of amides is 2. The van der Waals surface area contributed by atoms with Crippen LogP contribution in [0.4, 0.5) is 5.69 Å². The van der Waals surface area contributed by atoms with E-state index in [2.05, 4.69) is 5.32 Å². The lowest BCUT2D eigenvalue weighted by Crippen LogP contribution is -2.36. The van der Waals surface area contributed by atoms with E-state index in [0.29, 0.717) is 30.8 Å². The number of nitrogens with two attached hydrogens (primary N) is 3. The number of anilines is 1. The molecular formula is C13H20N4O3. The van der Waals surface area contributed by atoms with Crippen molar-refractivity contribution in [2.75, 3.05) is 19.0 Å². The van der Waals surface area contributed by atoms with Crippen LogP contribution >= 0.6 is 0 Å². The van der Waals surface area contributed by atoms with E-state index >= 15 is 0 Å². The molecule has 1 aromatic rings. The molecular weight excluding hydrogens is 260 g/mol. The van der Waals surface area contributed by atoms with Crippen molar-refractivity contribution in [3.05, 3.63) is 23.8 Å². The number of ether oxygens (including phenoxy) is 1. The zero-order chi connectivity index (χ0) is 15.1. The first-order valence-electron chi connectivity index (χ1n) is 6.24. The van der Waals surface area contributed by atoms with Crippen molar-refractivity contribution in [1.29, 1.82) is 0 Å². The molecule has 7 nitrogen and oxygen atoms in total. The lowest BCUT2D eigenvalue weighted by atomic mass is 10.1. The molecule has 0 spiro atoms. The summed E-state index contributed by atoms with van der Waals surface area (Å²) in [5, 5.41) is 2.63. The molecule has 1 rings (SSSR count). The van der Waals surface area contributed by atoms with Crippen LogP contribution in [0, 0.1) is 0 Å². The highest BCUT2D eigenvalue weighted by molar-refractivity contribution is 5.99. The Bertz CT molecular complexity index is 491. The molecule has 110 valence electrons. The molecule has 0 fully saturated rings. The van der Waals surface area contributed by atoms with Gasteiger partial charge < -0.3 is 27.3 Å². The topological polar surface area (TPSA) is 133 Å². The van der Waals surface area contributed by atoms with Gasteiger partial charge in [-0.1, -0.05) is 0 Å². The fraction of sp³-hybridized carbons (Fsp3) is 0.385. The molecule has 7 heteroatoms. The number of nitrogens with one attached hydrogen (secondary N) is 1. The number of hydrogen-bond acceptors (Lipinski definition) is 5. The standard InChI is InChI=1S/C13H20N4O3/c1-20-11-5-4-8(7-9(11)12(16)18)17-13(19)10(15)3-2-6-14/h4-5,7,10H,2-3,6,14-15H2,1H3,(H2,16,18)(H,17,19)/t10-/m0/s1. The molecule has 20 heavy (non-hydrogen) atoms. The van der Waals surface area contributed by atoms with Gasteiger partial charge in [0.05, 0.1) is 18.7 Å². The van der Waals surface area contributed by atoms with Gasteiger partial charge in [0.1, 0.15) is 5.75 Å². The number of methoxy groups -OCH3 is 1. The van der Waals surface area contributed by atoms with Crippen molar-refractivity contribution in [1.82, 2.24) is 0 Å². The second kappa shape index (κ2) is 7.46. The van der Waals surface area contributed by atoms with Crippen molar-refractivity contribution in [2.45, 2.75) is 18.9 Å². The average molecular weight is 280 g/mol. The van der Waals surface area contributed by atoms with Crippen LogP contribution in [0.25, 0.3) is 0 Å². The van der Waals surface area contributed by atoms with Crippen molar-refractivity contribution in [2.24, 2.45) is 17.2 Å². The summed E-state index contributed by atoms with van der Waals surface area (Å²) in [6.07, 6.45) is 1.17. The minimum Gasteiger partial charge on any atom is -0.496 e. The van der Waals surface area contributed by atoms with Crippen molar-refractivity contribution < 1.29 is 14.3 Å². The van der Waals surface area contributed by atoms with E-state index in [-0.39, 0.29) is 11.5 Å². The Morgan fingerprint density at radius 2 is 2.10 bits per heavy atom. The molecule has 2 amide bonds. The van der Waals surface area contributed by atoms with E-state index in [4.69, 9.17) is 21.9 Å². The third kappa shape index (κ3) is 4.22. The van der Waals surface area contributed by atoms with Crippen LogP contribution in [0.15, 0.2) is 18.2 Å². The van der Waals surface area contributed by atoms with E-state index in [1.807, 2.05) is 0 Å². The van der Waals surface area contributed by atoms with Crippen molar-refractivity contribution in [3.63, 3.8) is 0 Å². The highest BCUT2D eigenvalue weighted by Crippen LogP contribution is 2.22. The molecule has 0 aliphatic carbocycles. The van der Waals surface area contributed by atoms with Crippen LogP contribution < -0.4 is 27.3 Å². The van der Waals surface area contributed by atoms with Crippen LogP contribution in [-0.4, -0.2) is 31.5 Å². The molecule has 7 N–H and O–H groups in total. The van der Waals surface area contributed by atoms with Gasteiger partial charge in [0.15, 0.2) is 0 Å². The van der Waals surface area contributed by atoms with Gasteiger partial charge in [0, 0.05) is 5.69 Å². The predicted molar refractivity (Wildman–Crippen MR) is 76.4 cm³/mol. The van der Waals surface area contributed by atoms with Crippen molar-refractivity contribution >= 4 is 17.5 Å². The summed E-state index contributed by atoms with van der Waals surface area (Å²) in [6.45, 7) is 0.481. The molecule has 0 aromatic heterocycles. The van der Waals surface area contributed by atoms with Crippen LogP contribution in [0.5, 0.6) is 5.75 Å². The normalized spacial score (nSPS) is 11.8. The zero-order valence-corrected chi connectivity index (χ0v) is 11.4. The quantitative estimate of drug-likeness (QED) is 0.548. The van der Waals surface area contributed by atoms with E-state index in [1.165, 1.54) is 13.2 Å². The van der Waals surface area contributed by atoms with Crippen LogP contribution in [0.1, 0.15) is 23.2 Å². The maximum Gasteiger partial charge on any atom is 0.252 e. The van der Waals surface area contributed by atoms with Gasteiger partial charge in [0.25, 0.3) is 5.91 Å². The Morgan fingerprint density at radius 1 is 1.40 bits per heavy atom. The Hall–Kier alpha value is -2.12. The fourth-order valence-electron chi connectivity index (χ4n) is 1.68. The minimum absolute atomic E-state index is 0.195. The molecule has 0 radical (unpaired) electrons. The summed E-state index contributed by atoms with van der Waals surface area (Å²) in [7, 11) is 1.43. The molecule has 0 aliphatic rings. The third-order valence-electron chi connectivity index (χ3n) is 2.79. The van der Waals surface area contributed by atoms with Gasteiger partial charge in [-0.05, 0) is 37.6 Å². The molecule has 0 saturated heterocycles. The summed E-state index contributed by atoms with van der Waals surface area (Å²) in [4.78, 5) is 23.1. The molecule has 1 aromatic carbocycles. The Balaban J connectivity index is 2.80. The molecule has 1 atom stereocenters. The van der Waals surface area contributed by atoms with E-state index in [0.717, 1.165) is 0 Å². The summed E-state index contributed by atoms with van der Waals surface area (Å²) < 4.78 is 5.02. The van der Waals surface area contributed by atoms with Gasteiger partial charge in [-0.15, -0.1) is 0 Å². The SMILES string of the molecule is COc1ccc(NC(=O)[C@@H](N)CCCN)cc1C(N)=O. The Morgan fingerprint density at radius 3 is 2.65 bits per heavy atom. The number of carbonyl (C=O) groups excluding carboxylic acids is 2. The first-order valence-corrected chi connectivity index (χ1v) is 6.24. The molecule has 0 heterocycles. The van der Waals surface area contributed by atoms with Crippen LogP contribution in [-0.2, 0) is 4.79 Å². The number of hydrogen-bond donors (Lipinski definition) is 4. The first-order chi connectivity index (χ1) is 9.49. The highest BCUT2D eigenvalue weighted by Gasteiger charge is 2.15. The van der Waals surface area contributed by atoms with Gasteiger partial charge in [0.2, 0.25) is 5.91 Å². The van der Waals surface area contributed by atoms with Gasteiger partial charge >= 0.3 is 0 Å². The third-order valence-corrected chi connectivity index (χ3v) is 2.79. The second-order valence-corrected chi connectivity index (χ2v) is 4.31. The number of carbonyl (C=O) groups is 2. The molecule has 0 bridgehead atoms. The average Bonchev–Trinajstić information content (AvgIpc) is 2.44. The van der Waals surface area contributed by atoms with E-state index in [1.54, 1.807) is 12.1 Å². The minimum atomic E-state index is -0.641. The molecule has 0 aliphatic heterocycles. The zero-order valence-electron chi connectivity index (χ0n) is 11.4. The monoisotopic (exact) mass is 280 g/mol. The summed E-state index contributed by atoms with van der Waals surface area (Å²) in [5.41, 5.74) is 17.0. The Labute approximate surface area is 117 Å². The number of benzene rings is 1. The maximum absolute atomic E-state index is 11.8. The fourth-order valence-corrected chi connectivity index (χ4v) is 1.68. The summed E-state index contributed by atoms with van der Waals surface area (Å²) in [6, 6.07) is 3.98. The van der Waals surface area contributed by atoms with E-state index in [9.17, 15) is 9.59 Å². The summed E-state index contributed by atoms with van der Waals surface area (Å²) >= 11 is 0. The Kier molecular flexibility index (Phi) is 5.95. The van der Waals surface area contributed by atoms with Gasteiger partial charge in [-0.3, -0.25) is 9.59 Å². The van der Waals surface area contributed by atoms with Gasteiger partial charge in [-0.2, -0.15) is 0 Å². The largest absolute Gasteiger partial charge is 0.496 e. The smallest absolute Gasteiger partial charge is 0.252 e. The number of rotatable bonds is 7. The first kappa shape index (κ1) is 15.9. The van der Waals surface area contributed by atoms with E-state index < -0.39 is 11.9 Å². The van der Waals surface area contributed by atoms with Gasteiger partial charge in [-0.25, -0.2) is 0 Å². The second-order valence-electron chi connectivity index (χ2n) is 4.31. The highest BCUT2D eigenvalue weighted by atomic mass is 16.5.